The number of hydrogen-bond donors (Lipinski definition) is 0. The molecule has 0 saturated heterocycles. The van der Waals surface area contributed by atoms with Crippen molar-refractivity contribution >= 4 is 34.7 Å². The average Bonchev–Trinajstić information content (AvgIpc) is 3.35. The summed E-state index contributed by atoms with van der Waals surface area (Å²) in [6, 6.07) is 10.6. The summed E-state index contributed by atoms with van der Waals surface area (Å²) in [6.07, 6.45) is 1.85. The van der Waals surface area contributed by atoms with Gasteiger partial charge in [-0.2, -0.15) is 0 Å². The van der Waals surface area contributed by atoms with E-state index in [1.54, 1.807) is 36.0 Å². The minimum Gasteiger partial charge on any atom is -0.496 e. The monoisotopic (exact) mass is 426 g/mol. The molecule has 1 unspecified atom stereocenters. The fourth-order valence-corrected chi connectivity index (χ4v) is 5.15. The van der Waals surface area contributed by atoms with Crippen molar-refractivity contribution in [1.29, 1.82) is 0 Å². The fourth-order valence-electron chi connectivity index (χ4n) is 3.38. The highest BCUT2D eigenvalue weighted by atomic mass is 32.1. The predicted octanol–water partition coefficient (Wildman–Crippen LogP) is 2.48. The molecule has 29 heavy (non-hydrogen) atoms. The molecule has 0 spiro atoms. The van der Waals surface area contributed by atoms with E-state index >= 15 is 0 Å². The van der Waals surface area contributed by atoms with E-state index in [1.165, 1.54) is 18.4 Å². The third-order valence-electron chi connectivity index (χ3n) is 4.68. The molecule has 0 N–H and O–H groups in total. The topological polar surface area (TPSA) is 69.9 Å². The number of ether oxygens (including phenoxy) is 2. The number of esters is 1. The lowest BCUT2D eigenvalue weighted by atomic mass is 9.95. The van der Waals surface area contributed by atoms with Crippen LogP contribution >= 0.6 is 22.7 Å². The number of benzene rings is 1. The minimum absolute atomic E-state index is 0.202. The molecule has 4 rings (SSSR count). The Morgan fingerprint density at radius 1 is 1.21 bits per heavy atom. The van der Waals surface area contributed by atoms with E-state index in [2.05, 4.69) is 4.99 Å². The molecule has 148 valence electrons. The van der Waals surface area contributed by atoms with Crippen molar-refractivity contribution in [1.82, 2.24) is 4.57 Å². The van der Waals surface area contributed by atoms with Crippen LogP contribution in [0.4, 0.5) is 0 Å². The van der Waals surface area contributed by atoms with Gasteiger partial charge in [-0.05, 0) is 30.5 Å². The standard InChI is InChI=1S/C21H18N2O4S2/c1-12-17(20(25)27-3)18(14-8-4-5-9-15(14)26-2)23-19(24)16(29-21(23)22-12)11-13-7-6-10-28-13/h4-11,18H,1-3H3/b16-11-. The van der Waals surface area contributed by atoms with E-state index in [1.807, 2.05) is 41.8 Å². The van der Waals surface area contributed by atoms with Crippen LogP contribution in [0.3, 0.4) is 0 Å². The fraction of sp³-hybridized carbons (Fsp3) is 0.190. The van der Waals surface area contributed by atoms with Gasteiger partial charge in [-0.1, -0.05) is 35.6 Å². The number of carbonyl (C=O) groups excluding carboxylic acids is 1. The molecular weight excluding hydrogens is 408 g/mol. The Kier molecular flexibility index (Phi) is 5.21. The van der Waals surface area contributed by atoms with E-state index in [-0.39, 0.29) is 5.56 Å². The SMILES string of the molecule is COC(=O)C1=C(C)N=c2s/c(=C\c3cccs3)c(=O)n2C1c1ccccc1OC. The van der Waals surface area contributed by atoms with Gasteiger partial charge in [0.1, 0.15) is 11.8 Å². The molecule has 6 nitrogen and oxygen atoms in total. The van der Waals surface area contributed by atoms with Crippen molar-refractivity contribution in [3.05, 3.63) is 83.2 Å². The Morgan fingerprint density at radius 2 is 2.00 bits per heavy atom. The molecule has 0 bridgehead atoms. The van der Waals surface area contributed by atoms with Gasteiger partial charge in [0.05, 0.1) is 30.0 Å². The second kappa shape index (κ2) is 7.81. The van der Waals surface area contributed by atoms with Gasteiger partial charge in [0.25, 0.3) is 5.56 Å². The Bertz CT molecular complexity index is 1280. The van der Waals surface area contributed by atoms with Crippen molar-refractivity contribution in [3.8, 4) is 5.75 Å². The van der Waals surface area contributed by atoms with E-state index in [4.69, 9.17) is 9.47 Å². The van der Waals surface area contributed by atoms with Gasteiger partial charge < -0.3 is 9.47 Å². The lowest BCUT2D eigenvalue weighted by Crippen LogP contribution is -2.39. The van der Waals surface area contributed by atoms with Gasteiger partial charge >= 0.3 is 5.97 Å². The van der Waals surface area contributed by atoms with Crippen LogP contribution in [0, 0.1) is 0 Å². The third kappa shape index (κ3) is 3.34. The summed E-state index contributed by atoms with van der Waals surface area (Å²) in [5.74, 6) is 0.0659. The normalized spacial score (nSPS) is 16.4. The van der Waals surface area contributed by atoms with Crippen molar-refractivity contribution in [2.45, 2.75) is 13.0 Å². The molecule has 0 amide bonds. The molecular formula is C21H18N2O4S2. The Morgan fingerprint density at radius 3 is 2.69 bits per heavy atom. The van der Waals surface area contributed by atoms with Crippen LogP contribution in [0.25, 0.3) is 6.08 Å². The first-order chi connectivity index (χ1) is 14.0. The number of hydrogen-bond acceptors (Lipinski definition) is 7. The highest BCUT2D eigenvalue weighted by molar-refractivity contribution is 7.11. The maximum atomic E-state index is 13.4. The zero-order valence-electron chi connectivity index (χ0n) is 16.0. The summed E-state index contributed by atoms with van der Waals surface area (Å²) in [6.45, 7) is 1.75. The van der Waals surface area contributed by atoms with E-state index in [0.717, 1.165) is 4.88 Å². The van der Waals surface area contributed by atoms with Gasteiger partial charge in [0.2, 0.25) is 0 Å². The second-order valence-electron chi connectivity index (χ2n) is 6.33. The number of fused-ring (bicyclic) bond motifs is 1. The number of nitrogens with zero attached hydrogens (tertiary/aromatic N) is 2. The van der Waals surface area contributed by atoms with Crippen LogP contribution in [0.2, 0.25) is 0 Å². The molecule has 8 heteroatoms. The molecule has 0 radical (unpaired) electrons. The highest BCUT2D eigenvalue weighted by Crippen LogP contribution is 2.35. The van der Waals surface area contributed by atoms with Gasteiger partial charge in [-0.25, -0.2) is 9.79 Å². The van der Waals surface area contributed by atoms with Crippen LogP contribution in [0.1, 0.15) is 23.4 Å². The molecule has 3 aromatic rings. The van der Waals surface area contributed by atoms with Crippen molar-refractivity contribution in [2.24, 2.45) is 4.99 Å². The summed E-state index contributed by atoms with van der Waals surface area (Å²) >= 11 is 2.86. The Labute approximate surface area is 174 Å². The van der Waals surface area contributed by atoms with E-state index in [0.29, 0.717) is 31.9 Å². The smallest absolute Gasteiger partial charge is 0.338 e. The number of allylic oxidation sites excluding steroid dienone is 1. The first-order valence-corrected chi connectivity index (χ1v) is 10.5. The van der Waals surface area contributed by atoms with Crippen molar-refractivity contribution in [3.63, 3.8) is 0 Å². The zero-order chi connectivity index (χ0) is 20.5. The number of rotatable bonds is 4. The number of thiophene rings is 1. The largest absolute Gasteiger partial charge is 0.496 e. The molecule has 1 atom stereocenters. The number of thiazole rings is 1. The van der Waals surface area contributed by atoms with Crippen LogP contribution < -0.4 is 19.6 Å². The molecule has 0 aliphatic carbocycles. The Balaban J connectivity index is 2.03. The molecule has 3 heterocycles. The lowest BCUT2D eigenvalue weighted by Gasteiger charge is -2.25. The Hall–Kier alpha value is -2.97. The maximum Gasteiger partial charge on any atom is 0.338 e. The summed E-state index contributed by atoms with van der Waals surface area (Å²) < 4.78 is 12.7. The minimum atomic E-state index is -0.680. The molecule has 2 aromatic heterocycles. The van der Waals surface area contributed by atoms with Crippen molar-refractivity contribution < 1.29 is 14.3 Å². The summed E-state index contributed by atoms with van der Waals surface area (Å²) in [4.78, 5) is 32.1. The van der Waals surface area contributed by atoms with Gasteiger partial charge in [0, 0.05) is 10.4 Å². The molecule has 1 aromatic carbocycles. The molecule has 0 saturated carbocycles. The number of carbonyl (C=O) groups is 1. The predicted molar refractivity (Wildman–Crippen MR) is 113 cm³/mol. The zero-order valence-corrected chi connectivity index (χ0v) is 17.7. The number of aromatic nitrogens is 1. The highest BCUT2D eigenvalue weighted by Gasteiger charge is 2.34. The number of para-hydroxylation sites is 1. The molecule has 1 aliphatic heterocycles. The van der Waals surface area contributed by atoms with Gasteiger partial charge in [-0.15, -0.1) is 11.3 Å². The first-order valence-electron chi connectivity index (χ1n) is 8.82. The second-order valence-corrected chi connectivity index (χ2v) is 8.32. The van der Waals surface area contributed by atoms with Crippen LogP contribution in [0.5, 0.6) is 5.75 Å². The summed E-state index contributed by atoms with van der Waals surface area (Å²) in [5, 5.41) is 1.96. The van der Waals surface area contributed by atoms with Crippen LogP contribution in [-0.4, -0.2) is 24.8 Å². The van der Waals surface area contributed by atoms with Crippen LogP contribution in [-0.2, 0) is 9.53 Å². The summed E-state index contributed by atoms with van der Waals surface area (Å²) in [7, 11) is 2.89. The molecule has 1 aliphatic rings. The molecule has 0 fully saturated rings. The lowest BCUT2D eigenvalue weighted by molar-refractivity contribution is -0.136. The first kappa shape index (κ1) is 19.4. The van der Waals surface area contributed by atoms with Crippen molar-refractivity contribution in [2.75, 3.05) is 14.2 Å². The van der Waals surface area contributed by atoms with Gasteiger partial charge in [0.15, 0.2) is 4.80 Å². The third-order valence-corrected chi connectivity index (χ3v) is 6.48. The average molecular weight is 427 g/mol. The number of methoxy groups -OCH3 is 2. The van der Waals surface area contributed by atoms with Gasteiger partial charge in [-0.3, -0.25) is 9.36 Å². The quantitative estimate of drug-likeness (QED) is 0.601. The van der Waals surface area contributed by atoms with E-state index in [9.17, 15) is 9.59 Å². The van der Waals surface area contributed by atoms with Crippen LogP contribution in [0.15, 0.2) is 62.8 Å². The van der Waals surface area contributed by atoms with E-state index < -0.39 is 12.0 Å². The summed E-state index contributed by atoms with van der Waals surface area (Å²) in [5.41, 5.74) is 1.35. The maximum absolute atomic E-state index is 13.4.